The van der Waals surface area contributed by atoms with Crippen molar-refractivity contribution in [2.24, 2.45) is 0 Å². The van der Waals surface area contributed by atoms with E-state index in [1.807, 2.05) is 0 Å². The third-order valence-corrected chi connectivity index (χ3v) is 9.60. The molecule has 1 heterocycles. The van der Waals surface area contributed by atoms with Crippen molar-refractivity contribution in [2.45, 2.75) is 103 Å². The Kier molecular flexibility index (Phi) is 11.7. The van der Waals surface area contributed by atoms with E-state index in [1.165, 1.54) is 68.9 Å². The van der Waals surface area contributed by atoms with Gasteiger partial charge in [-0.15, -0.1) is 0 Å². The monoisotopic (exact) mass is 599 g/mol. The van der Waals surface area contributed by atoms with E-state index < -0.39 is 5.60 Å². The standard InChI is InChI=1S/C43H53NO/c1-5-8-18-36-31-38(32-37(19-9-6-2)41(36)24-10-7-3)35-28-26-34(27-29-35)33(4)45-43(42-25-17-30-44-42,39-20-13-11-14-21-39)40-22-15-12-16-23-40/h11-16,20-23,26-29,31-32,42,44H,4-10,17-19,24-25,30H2,1-3H3/t42-/m0/s1. The SMILES string of the molecule is C=C(OC(c1ccccc1)(c1ccccc1)[C@@H]1CCCN1)c1ccc(-c2cc(CCCC)c(CCCC)c(CCCC)c2)cc1. The van der Waals surface area contributed by atoms with Crippen molar-refractivity contribution in [3.8, 4) is 11.1 Å². The number of hydrogen-bond donors (Lipinski definition) is 1. The summed E-state index contributed by atoms with van der Waals surface area (Å²) in [4.78, 5) is 0. The van der Waals surface area contributed by atoms with Crippen molar-refractivity contribution >= 4 is 5.76 Å². The highest BCUT2D eigenvalue weighted by Crippen LogP contribution is 2.43. The van der Waals surface area contributed by atoms with E-state index in [0.29, 0.717) is 5.76 Å². The molecule has 2 nitrogen and oxygen atoms in total. The van der Waals surface area contributed by atoms with Gasteiger partial charge < -0.3 is 10.1 Å². The van der Waals surface area contributed by atoms with Crippen molar-refractivity contribution in [1.29, 1.82) is 0 Å². The summed E-state index contributed by atoms with van der Waals surface area (Å²) in [5.74, 6) is 0.699. The lowest BCUT2D eigenvalue weighted by molar-refractivity contribution is 0.0431. The van der Waals surface area contributed by atoms with E-state index in [2.05, 4.69) is 130 Å². The van der Waals surface area contributed by atoms with Gasteiger partial charge in [-0.1, -0.05) is 144 Å². The van der Waals surface area contributed by atoms with Crippen LogP contribution in [0, 0.1) is 0 Å². The quantitative estimate of drug-likeness (QED) is 0.129. The molecule has 236 valence electrons. The molecule has 0 aromatic heterocycles. The Morgan fingerprint density at radius 2 is 1.24 bits per heavy atom. The molecule has 0 unspecified atom stereocenters. The Balaban J connectivity index is 1.49. The van der Waals surface area contributed by atoms with Crippen molar-refractivity contribution in [3.63, 3.8) is 0 Å². The smallest absolute Gasteiger partial charge is 0.174 e. The first-order chi connectivity index (χ1) is 22.1. The molecule has 45 heavy (non-hydrogen) atoms. The molecule has 5 rings (SSSR count). The molecule has 1 atom stereocenters. The Morgan fingerprint density at radius 1 is 0.711 bits per heavy atom. The molecule has 4 aromatic carbocycles. The lowest BCUT2D eigenvalue weighted by atomic mass is 9.79. The summed E-state index contributed by atoms with van der Waals surface area (Å²) in [7, 11) is 0. The van der Waals surface area contributed by atoms with Crippen LogP contribution < -0.4 is 5.32 Å². The van der Waals surface area contributed by atoms with E-state index >= 15 is 0 Å². The van der Waals surface area contributed by atoms with Gasteiger partial charge in [0.2, 0.25) is 0 Å². The molecular formula is C43H53NO. The van der Waals surface area contributed by atoms with E-state index in [4.69, 9.17) is 4.74 Å². The van der Waals surface area contributed by atoms with Gasteiger partial charge in [-0.3, -0.25) is 0 Å². The van der Waals surface area contributed by atoms with Crippen molar-refractivity contribution in [2.75, 3.05) is 6.54 Å². The highest BCUT2D eigenvalue weighted by atomic mass is 16.5. The molecule has 1 fully saturated rings. The maximum Gasteiger partial charge on any atom is 0.174 e. The van der Waals surface area contributed by atoms with Crippen LogP contribution in [-0.4, -0.2) is 12.6 Å². The average Bonchev–Trinajstić information content (AvgIpc) is 3.64. The summed E-state index contributed by atoms with van der Waals surface area (Å²) in [5, 5.41) is 3.77. The molecular weight excluding hydrogens is 546 g/mol. The number of hydrogen-bond acceptors (Lipinski definition) is 2. The minimum absolute atomic E-state index is 0.146. The first-order valence-corrected chi connectivity index (χ1v) is 17.6. The molecule has 1 aliphatic heterocycles. The minimum atomic E-state index is -0.675. The molecule has 0 radical (unpaired) electrons. The summed E-state index contributed by atoms with van der Waals surface area (Å²) in [6.07, 6.45) is 13.2. The Bertz CT molecular complexity index is 1410. The zero-order valence-electron chi connectivity index (χ0n) is 27.9. The molecule has 0 bridgehead atoms. The average molecular weight is 600 g/mol. The van der Waals surface area contributed by atoms with E-state index in [1.54, 1.807) is 16.7 Å². The van der Waals surface area contributed by atoms with Crippen LogP contribution in [0.5, 0.6) is 0 Å². The van der Waals surface area contributed by atoms with Crippen LogP contribution in [0.3, 0.4) is 0 Å². The number of nitrogens with one attached hydrogen (secondary N) is 1. The molecule has 1 N–H and O–H groups in total. The molecule has 0 aliphatic carbocycles. The lowest BCUT2D eigenvalue weighted by Gasteiger charge is -2.41. The summed E-state index contributed by atoms with van der Waals surface area (Å²) >= 11 is 0. The predicted octanol–water partition coefficient (Wildman–Crippen LogP) is 11.1. The maximum atomic E-state index is 7.15. The van der Waals surface area contributed by atoms with Crippen molar-refractivity contribution in [1.82, 2.24) is 5.32 Å². The van der Waals surface area contributed by atoms with Gasteiger partial charge in [-0.2, -0.15) is 0 Å². The van der Waals surface area contributed by atoms with Crippen LogP contribution in [-0.2, 0) is 29.6 Å². The highest BCUT2D eigenvalue weighted by molar-refractivity contribution is 5.70. The fourth-order valence-electron chi connectivity index (χ4n) is 7.08. The van der Waals surface area contributed by atoms with Gasteiger partial charge in [0.05, 0.1) is 6.04 Å². The summed E-state index contributed by atoms with van der Waals surface area (Å²) < 4.78 is 7.15. The number of rotatable bonds is 16. The van der Waals surface area contributed by atoms with Gasteiger partial charge in [0.1, 0.15) is 5.76 Å². The first-order valence-electron chi connectivity index (χ1n) is 17.6. The van der Waals surface area contributed by atoms with Gasteiger partial charge in [0.15, 0.2) is 5.60 Å². The normalized spacial score (nSPS) is 14.9. The molecule has 0 spiro atoms. The largest absolute Gasteiger partial charge is 0.476 e. The zero-order chi connectivity index (χ0) is 31.5. The van der Waals surface area contributed by atoms with Gasteiger partial charge in [0.25, 0.3) is 0 Å². The summed E-state index contributed by atoms with van der Waals surface area (Å²) in [6.45, 7) is 12.4. The molecule has 1 aliphatic rings. The third-order valence-electron chi connectivity index (χ3n) is 9.60. The van der Waals surface area contributed by atoms with Gasteiger partial charge in [-0.05, 0) is 85.7 Å². The zero-order valence-corrected chi connectivity index (χ0v) is 27.9. The van der Waals surface area contributed by atoms with Gasteiger partial charge in [-0.25, -0.2) is 0 Å². The second-order valence-corrected chi connectivity index (χ2v) is 12.8. The number of benzene rings is 4. The predicted molar refractivity (Wildman–Crippen MR) is 193 cm³/mol. The lowest BCUT2D eigenvalue weighted by Crippen LogP contribution is -2.48. The van der Waals surface area contributed by atoms with E-state index in [0.717, 1.165) is 36.1 Å². The van der Waals surface area contributed by atoms with Crippen LogP contribution in [0.25, 0.3) is 16.9 Å². The van der Waals surface area contributed by atoms with E-state index in [-0.39, 0.29) is 6.04 Å². The van der Waals surface area contributed by atoms with Crippen LogP contribution in [0.15, 0.2) is 104 Å². The van der Waals surface area contributed by atoms with Crippen LogP contribution in [0.4, 0.5) is 0 Å². The number of aryl methyl sites for hydroxylation is 2. The first kappa shape index (κ1) is 32.8. The minimum Gasteiger partial charge on any atom is -0.476 e. The topological polar surface area (TPSA) is 21.3 Å². The Labute approximate surface area is 273 Å². The molecule has 4 aromatic rings. The van der Waals surface area contributed by atoms with Crippen molar-refractivity contribution in [3.05, 3.63) is 137 Å². The second kappa shape index (κ2) is 16.1. The van der Waals surface area contributed by atoms with Gasteiger partial charge >= 0.3 is 0 Å². The van der Waals surface area contributed by atoms with Crippen LogP contribution >= 0.6 is 0 Å². The highest BCUT2D eigenvalue weighted by Gasteiger charge is 2.46. The van der Waals surface area contributed by atoms with Crippen molar-refractivity contribution < 1.29 is 4.74 Å². The second-order valence-electron chi connectivity index (χ2n) is 12.8. The molecule has 0 saturated carbocycles. The molecule has 0 amide bonds. The maximum absolute atomic E-state index is 7.15. The molecule has 2 heteroatoms. The van der Waals surface area contributed by atoms with Crippen LogP contribution in [0.1, 0.15) is 106 Å². The fraction of sp³-hybridized carbons (Fsp3) is 0.395. The van der Waals surface area contributed by atoms with Gasteiger partial charge in [0, 0.05) is 16.7 Å². The van der Waals surface area contributed by atoms with Crippen LogP contribution in [0.2, 0.25) is 0 Å². The summed E-state index contributed by atoms with van der Waals surface area (Å²) in [5.41, 5.74) is 9.99. The molecule has 1 saturated heterocycles. The Hall–Kier alpha value is -3.62. The number of ether oxygens (including phenoxy) is 1. The number of unbranched alkanes of at least 4 members (excludes halogenated alkanes) is 3. The third kappa shape index (κ3) is 7.61. The Morgan fingerprint density at radius 3 is 1.73 bits per heavy atom. The fourth-order valence-corrected chi connectivity index (χ4v) is 7.08. The van der Waals surface area contributed by atoms with E-state index in [9.17, 15) is 0 Å². The summed E-state index contributed by atoms with van der Waals surface area (Å²) in [6, 6.07) is 35.4.